The van der Waals surface area contributed by atoms with E-state index in [9.17, 15) is 17.6 Å². The number of amides is 2. The quantitative estimate of drug-likeness (QED) is 0.847. The van der Waals surface area contributed by atoms with Crippen LogP contribution in [-0.2, 0) is 10.0 Å². The lowest BCUT2D eigenvalue weighted by Crippen LogP contribution is -2.50. The van der Waals surface area contributed by atoms with Gasteiger partial charge in [0, 0.05) is 51.6 Å². The largest absolute Gasteiger partial charge is 0.368 e. The van der Waals surface area contributed by atoms with Crippen LogP contribution in [0, 0.1) is 5.82 Å². The van der Waals surface area contributed by atoms with Crippen LogP contribution in [0.2, 0.25) is 0 Å². The van der Waals surface area contributed by atoms with E-state index >= 15 is 0 Å². The van der Waals surface area contributed by atoms with Crippen LogP contribution in [0.3, 0.4) is 0 Å². The van der Waals surface area contributed by atoms with E-state index in [0.717, 1.165) is 9.99 Å². The Morgan fingerprint density at radius 3 is 2.29 bits per heavy atom. The van der Waals surface area contributed by atoms with Crippen molar-refractivity contribution in [3.8, 4) is 0 Å². The van der Waals surface area contributed by atoms with Crippen molar-refractivity contribution in [2.45, 2.75) is 4.90 Å². The van der Waals surface area contributed by atoms with Gasteiger partial charge in [-0.3, -0.25) is 0 Å². The molecule has 7 nitrogen and oxygen atoms in total. The van der Waals surface area contributed by atoms with Crippen LogP contribution in [-0.4, -0.2) is 63.9 Å². The molecule has 3 rings (SSSR count). The van der Waals surface area contributed by atoms with Crippen LogP contribution in [0.15, 0.2) is 53.4 Å². The smallest absolute Gasteiger partial charge is 0.321 e. The molecule has 2 amide bonds. The monoisotopic (exact) mass is 406 g/mol. The molecule has 2 aromatic carbocycles. The Labute approximate surface area is 164 Å². The lowest BCUT2D eigenvalue weighted by atomic mass is 10.2. The highest BCUT2D eigenvalue weighted by Crippen LogP contribution is 2.20. The summed E-state index contributed by atoms with van der Waals surface area (Å²) >= 11 is 0. The molecular weight excluding hydrogens is 383 g/mol. The highest BCUT2D eigenvalue weighted by Gasteiger charge is 2.22. The third kappa shape index (κ3) is 4.42. The van der Waals surface area contributed by atoms with Gasteiger partial charge in [0.05, 0.1) is 4.90 Å². The summed E-state index contributed by atoms with van der Waals surface area (Å²) in [6.45, 7) is 2.29. The van der Waals surface area contributed by atoms with Gasteiger partial charge in [-0.2, -0.15) is 0 Å². The molecule has 0 unspecified atom stereocenters. The zero-order valence-corrected chi connectivity index (χ0v) is 16.6. The minimum atomic E-state index is -3.57. The second kappa shape index (κ2) is 8.15. The standard InChI is InChI=1S/C19H23FN4O3S/c1-22(2)28(26,27)18-5-3-4-16(14-18)21-19(25)24-12-10-23(11-13-24)17-8-6-15(20)7-9-17/h3-9,14H,10-13H2,1-2H3,(H,21,25). The van der Waals surface area contributed by atoms with Crippen molar-refractivity contribution in [3.05, 3.63) is 54.3 Å². The van der Waals surface area contributed by atoms with Gasteiger partial charge in [-0.15, -0.1) is 0 Å². The average molecular weight is 406 g/mol. The third-order valence-electron chi connectivity index (χ3n) is 4.62. The van der Waals surface area contributed by atoms with E-state index in [-0.39, 0.29) is 16.7 Å². The number of benzene rings is 2. The second-order valence-corrected chi connectivity index (χ2v) is 8.85. The first-order chi connectivity index (χ1) is 13.3. The summed E-state index contributed by atoms with van der Waals surface area (Å²) < 4.78 is 38.7. The van der Waals surface area contributed by atoms with E-state index in [2.05, 4.69) is 10.2 Å². The third-order valence-corrected chi connectivity index (χ3v) is 6.43. The number of piperazine rings is 1. The number of sulfonamides is 1. The molecule has 0 saturated carbocycles. The summed E-state index contributed by atoms with van der Waals surface area (Å²) in [4.78, 5) is 16.4. The molecule has 1 fully saturated rings. The molecule has 0 atom stereocenters. The summed E-state index contributed by atoms with van der Waals surface area (Å²) in [5, 5.41) is 2.76. The molecule has 0 aliphatic carbocycles. The van der Waals surface area contributed by atoms with Gasteiger partial charge in [0.2, 0.25) is 10.0 Å². The molecule has 1 saturated heterocycles. The van der Waals surface area contributed by atoms with Crippen molar-refractivity contribution in [2.24, 2.45) is 0 Å². The maximum Gasteiger partial charge on any atom is 0.321 e. The SMILES string of the molecule is CN(C)S(=O)(=O)c1cccc(NC(=O)N2CCN(c3ccc(F)cc3)CC2)c1. The topological polar surface area (TPSA) is 73.0 Å². The van der Waals surface area contributed by atoms with E-state index in [1.165, 1.54) is 38.4 Å². The van der Waals surface area contributed by atoms with Gasteiger partial charge in [0.25, 0.3) is 0 Å². The highest BCUT2D eigenvalue weighted by molar-refractivity contribution is 7.89. The van der Waals surface area contributed by atoms with Crippen LogP contribution in [0.25, 0.3) is 0 Å². The number of anilines is 2. The van der Waals surface area contributed by atoms with Crippen molar-refractivity contribution < 1.29 is 17.6 Å². The minimum Gasteiger partial charge on any atom is -0.368 e. The number of urea groups is 1. The number of rotatable bonds is 4. The van der Waals surface area contributed by atoms with Crippen molar-refractivity contribution in [3.63, 3.8) is 0 Å². The molecule has 1 heterocycles. The molecule has 2 aromatic rings. The Kier molecular flexibility index (Phi) is 5.85. The van der Waals surface area contributed by atoms with Crippen molar-refractivity contribution in [1.82, 2.24) is 9.21 Å². The maximum atomic E-state index is 13.1. The molecule has 150 valence electrons. The van der Waals surface area contributed by atoms with Gasteiger partial charge in [-0.1, -0.05) is 6.07 Å². The summed E-state index contributed by atoms with van der Waals surface area (Å²) in [6, 6.07) is 12.2. The molecule has 28 heavy (non-hydrogen) atoms. The lowest BCUT2D eigenvalue weighted by Gasteiger charge is -2.36. The minimum absolute atomic E-state index is 0.122. The molecule has 0 radical (unpaired) electrons. The summed E-state index contributed by atoms with van der Waals surface area (Å²) in [6.07, 6.45) is 0. The number of nitrogens with zero attached hydrogens (tertiary/aromatic N) is 3. The molecule has 1 aliphatic heterocycles. The average Bonchev–Trinajstić information content (AvgIpc) is 2.69. The van der Waals surface area contributed by atoms with Gasteiger partial charge in [0.1, 0.15) is 5.82 Å². The highest BCUT2D eigenvalue weighted by atomic mass is 32.2. The summed E-state index contributed by atoms with van der Waals surface area (Å²) in [5.74, 6) is -0.278. The number of carbonyl (C=O) groups excluding carboxylic acids is 1. The summed E-state index contributed by atoms with van der Waals surface area (Å²) in [5.41, 5.74) is 1.34. The second-order valence-electron chi connectivity index (χ2n) is 6.70. The van der Waals surface area contributed by atoms with Gasteiger partial charge < -0.3 is 15.1 Å². The van der Waals surface area contributed by atoms with Crippen LogP contribution >= 0.6 is 0 Å². The fourth-order valence-electron chi connectivity index (χ4n) is 2.97. The number of carbonyl (C=O) groups is 1. The van der Waals surface area contributed by atoms with Crippen molar-refractivity contribution >= 4 is 27.4 Å². The molecule has 1 aliphatic rings. The predicted octanol–water partition coefficient (Wildman–Crippen LogP) is 2.43. The number of hydrogen-bond donors (Lipinski definition) is 1. The molecule has 9 heteroatoms. The first-order valence-corrected chi connectivity index (χ1v) is 10.3. The van der Waals surface area contributed by atoms with Crippen LogP contribution in [0.1, 0.15) is 0 Å². The van der Waals surface area contributed by atoms with E-state index in [0.29, 0.717) is 31.9 Å². The van der Waals surface area contributed by atoms with Crippen LogP contribution in [0.4, 0.5) is 20.6 Å². The summed E-state index contributed by atoms with van der Waals surface area (Å²) in [7, 11) is -0.647. The Balaban J connectivity index is 1.61. The number of halogens is 1. The first-order valence-electron chi connectivity index (χ1n) is 8.86. The fourth-order valence-corrected chi connectivity index (χ4v) is 3.92. The van der Waals surface area contributed by atoms with E-state index in [4.69, 9.17) is 0 Å². The van der Waals surface area contributed by atoms with E-state index in [1.54, 1.807) is 29.2 Å². The number of hydrogen-bond acceptors (Lipinski definition) is 4. The normalized spacial score (nSPS) is 15.0. The van der Waals surface area contributed by atoms with Gasteiger partial charge in [-0.25, -0.2) is 21.9 Å². The fraction of sp³-hybridized carbons (Fsp3) is 0.316. The van der Waals surface area contributed by atoms with Crippen molar-refractivity contribution in [2.75, 3.05) is 50.5 Å². The van der Waals surface area contributed by atoms with Gasteiger partial charge in [-0.05, 0) is 42.5 Å². The Bertz CT molecular complexity index is 940. The van der Waals surface area contributed by atoms with E-state index < -0.39 is 10.0 Å². The maximum absolute atomic E-state index is 13.1. The van der Waals surface area contributed by atoms with Gasteiger partial charge in [0.15, 0.2) is 0 Å². The van der Waals surface area contributed by atoms with E-state index in [1.807, 2.05) is 0 Å². The Morgan fingerprint density at radius 1 is 1.04 bits per heavy atom. The zero-order chi connectivity index (χ0) is 20.3. The number of nitrogens with one attached hydrogen (secondary N) is 1. The molecule has 1 N–H and O–H groups in total. The van der Waals surface area contributed by atoms with Crippen LogP contribution < -0.4 is 10.2 Å². The van der Waals surface area contributed by atoms with Crippen LogP contribution in [0.5, 0.6) is 0 Å². The molecular formula is C19H23FN4O3S. The van der Waals surface area contributed by atoms with Crippen molar-refractivity contribution in [1.29, 1.82) is 0 Å². The Morgan fingerprint density at radius 2 is 1.68 bits per heavy atom. The zero-order valence-electron chi connectivity index (χ0n) is 15.8. The molecule has 0 bridgehead atoms. The lowest BCUT2D eigenvalue weighted by molar-refractivity contribution is 0.208. The van der Waals surface area contributed by atoms with Gasteiger partial charge >= 0.3 is 6.03 Å². The Hall–Kier alpha value is -2.65. The molecule has 0 spiro atoms. The molecule has 0 aromatic heterocycles. The first kappa shape index (κ1) is 20.1. The predicted molar refractivity (Wildman–Crippen MR) is 107 cm³/mol.